The number of halogens is 1. The van der Waals surface area contributed by atoms with E-state index in [-0.39, 0.29) is 23.3 Å². The van der Waals surface area contributed by atoms with Crippen LogP contribution in [0, 0.1) is 19.7 Å². The van der Waals surface area contributed by atoms with Gasteiger partial charge in [-0.25, -0.2) is 13.8 Å². The van der Waals surface area contributed by atoms with Gasteiger partial charge < -0.3 is 9.64 Å². The number of carbonyl (C=O) groups is 1. The van der Waals surface area contributed by atoms with Gasteiger partial charge in [-0.1, -0.05) is 12.1 Å². The molecule has 1 unspecified atom stereocenters. The largest absolute Gasteiger partial charge is 0.478 e. The number of likely N-dealkylation sites (tertiary alicyclic amines) is 1. The maximum absolute atomic E-state index is 13.8. The van der Waals surface area contributed by atoms with Crippen LogP contribution in [0.5, 0.6) is 5.75 Å². The second-order valence-electron chi connectivity index (χ2n) is 8.06. The number of rotatable bonds is 5. The molecule has 3 heterocycles. The average Bonchev–Trinajstić information content (AvgIpc) is 3.13. The zero-order valence-electron chi connectivity index (χ0n) is 18.4. The molecule has 0 bridgehead atoms. The topological polar surface area (TPSA) is 82.2 Å². The van der Waals surface area contributed by atoms with Crippen LogP contribution >= 0.6 is 0 Å². The maximum atomic E-state index is 13.8. The first-order chi connectivity index (χ1) is 15.3. The van der Waals surface area contributed by atoms with E-state index in [0.29, 0.717) is 31.7 Å². The monoisotopic (exact) mass is 439 g/mol. The molecule has 0 N–H and O–H groups in total. The lowest BCUT2D eigenvalue weighted by Crippen LogP contribution is -2.46. The van der Waals surface area contributed by atoms with Crippen molar-refractivity contribution in [3.05, 3.63) is 70.0 Å². The molecule has 1 aliphatic heterocycles. The summed E-state index contributed by atoms with van der Waals surface area (Å²) in [6.07, 6.45) is 0.371. The highest BCUT2D eigenvalue weighted by Gasteiger charge is 2.29. The third kappa shape index (κ3) is 4.42. The molecule has 0 aliphatic carbocycles. The van der Waals surface area contributed by atoms with Crippen LogP contribution < -0.4 is 10.3 Å². The number of ether oxygens (including phenoxy) is 1. The van der Waals surface area contributed by atoms with Crippen LogP contribution in [0.3, 0.4) is 0 Å². The summed E-state index contributed by atoms with van der Waals surface area (Å²) in [6.45, 7) is 6.39. The van der Waals surface area contributed by atoms with E-state index in [0.717, 1.165) is 11.4 Å². The number of hydrogen-bond acceptors (Lipinski definition) is 5. The van der Waals surface area contributed by atoms with Crippen molar-refractivity contribution in [1.29, 1.82) is 0 Å². The molecular weight excluding hydrogens is 413 g/mol. The predicted molar refractivity (Wildman–Crippen MR) is 116 cm³/mol. The molecule has 9 heteroatoms. The smallest absolute Gasteiger partial charge is 0.267 e. The van der Waals surface area contributed by atoms with Gasteiger partial charge in [-0.3, -0.25) is 9.59 Å². The number of hydrogen-bond donors (Lipinski definition) is 0. The van der Waals surface area contributed by atoms with Gasteiger partial charge in [0.15, 0.2) is 23.5 Å². The predicted octanol–water partition coefficient (Wildman–Crippen LogP) is 2.82. The number of amides is 1. The number of aryl methyl sites for hydroxylation is 2. The highest BCUT2D eigenvalue weighted by molar-refractivity contribution is 5.81. The Labute approximate surface area is 185 Å². The number of carbonyl (C=O) groups excluding carboxylic acids is 1. The molecule has 1 aliphatic rings. The Hall–Kier alpha value is -3.49. The molecule has 0 radical (unpaired) electrons. The molecule has 1 amide bonds. The Morgan fingerprint density at radius 2 is 1.84 bits per heavy atom. The number of aromatic nitrogens is 4. The fourth-order valence-electron chi connectivity index (χ4n) is 4.02. The van der Waals surface area contributed by atoms with E-state index < -0.39 is 11.9 Å². The van der Waals surface area contributed by atoms with Crippen LogP contribution in [0.1, 0.15) is 37.2 Å². The van der Waals surface area contributed by atoms with Gasteiger partial charge in [0.05, 0.1) is 11.7 Å². The third-order valence-electron chi connectivity index (χ3n) is 5.65. The van der Waals surface area contributed by atoms with Gasteiger partial charge in [0.2, 0.25) is 0 Å². The minimum Gasteiger partial charge on any atom is -0.478 e. The summed E-state index contributed by atoms with van der Waals surface area (Å²) in [6, 6.07) is 11.0. The van der Waals surface area contributed by atoms with Crippen molar-refractivity contribution in [2.45, 2.75) is 45.8 Å². The molecule has 2 aromatic heterocycles. The van der Waals surface area contributed by atoms with Crippen molar-refractivity contribution in [2.24, 2.45) is 0 Å². The summed E-state index contributed by atoms with van der Waals surface area (Å²) in [5.74, 6) is -0.0669. The fraction of sp³-hybridized carbons (Fsp3) is 0.391. The van der Waals surface area contributed by atoms with Gasteiger partial charge in [-0.15, -0.1) is 5.10 Å². The quantitative estimate of drug-likeness (QED) is 0.611. The Kier molecular flexibility index (Phi) is 6.07. The number of piperidine rings is 1. The molecule has 1 atom stereocenters. The first-order valence-electron chi connectivity index (χ1n) is 10.7. The molecule has 1 saturated heterocycles. The van der Waals surface area contributed by atoms with E-state index in [9.17, 15) is 14.0 Å². The van der Waals surface area contributed by atoms with Gasteiger partial charge in [-0.2, -0.15) is 5.10 Å². The van der Waals surface area contributed by atoms with Crippen molar-refractivity contribution in [3.8, 4) is 11.6 Å². The second kappa shape index (κ2) is 8.94. The van der Waals surface area contributed by atoms with Crippen LogP contribution in [0.25, 0.3) is 5.82 Å². The van der Waals surface area contributed by atoms with Gasteiger partial charge >= 0.3 is 0 Å². The lowest BCUT2D eigenvalue weighted by molar-refractivity contribution is -0.139. The van der Waals surface area contributed by atoms with E-state index in [1.165, 1.54) is 22.9 Å². The van der Waals surface area contributed by atoms with E-state index in [4.69, 9.17) is 4.74 Å². The Bertz CT molecular complexity index is 1180. The van der Waals surface area contributed by atoms with Crippen molar-refractivity contribution < 1.29 is 13.9 Å². The summed E-state index contributed by atoms with van der Waals surface area (Å²) in [4.78, 5) is 27.0. The van der Waals surface area contributed by atoms with Gasteiger partial charge in [0.25, 0.3) is 11.5 Å². The second-order valence-corrected chi connectivity index (χ2v) is 8.06. The molecule has 32 heavy (non-hydrogen) atoms. The first kappa shape index (κ1) is 21.7. The molecule has 1 fully saturated rings. The van der Waals surface area contributed by atoms with E-state index >= 15 is 0 Å². The Morgan fingerprint density at radius 1 is 1.12 bits per heavy atom. The first-order valence-corrected chi connectivity index (χ1v) is 10.7. The average molecular weight is 439 g/mol. The lowest BCUT2D eigenvalue weighted by Gasteiger charge is -2.33. The summed E-state index contributed by atoms with van der Waals surface area (Å²) >= 11 is 0. The summed E-state index contributed by atoms with van der Waals surface area (Å²) in [5.41, 5.74) is 1.63. The highest BCUT2D eigenvalue weighted by atomic mass is 19.1. The zero-order valence-corrected chi connectivity index (χ0v) is 18.4. The molecule has 168 valence electrons. The van der Waals surface area contributed by atoms with E-state index in [1.807, 2.05) is 19.9 Å². The maximum Gasteiger partial charge on any atom is 0.267 e. The number of nitrogens with zero attached hydrogens (tertiary/aromatic N) is 5. The third-order valence-corrected chi connectivity index (χ3v) is 5.65. The van der Waals surface area contributed by atoms with Crippen molar-refractivity contribution in [3.63, 3.8) is 0 Å². The van der Waals surface area contributed by atoms with Crippen LogP contribution in [0.4, 0.5) is 4.39 Å². The van der Waals surface area contributed by atoms with Crippen LogP contribution in [0.2, 0.25) is 0 Å². The minimum absolute atomic E-state index is 0.0555. The normalized spacial score (nSPS) is 15.6. The standard InChI is InChI=1S/C23H26FN5O3/c1-15-14-16(2)28(25-15)21-8-9-22(30)29(26-21)18-10-12-27(13-11-18)23(31)17(3)32-20-7-5-4-6-19(20)24/h4-9,14,17-18H,10-13H2,1-3H3. The fourth-order valence-corrected chi connectivity index (χ4v) is 4.02. The molecule has 3 aromatic rings. The molecule has 8 nitrogen and oxygen atoms in total. The van der Waals surface area contributed by atoms with Crippen LogP contribution in [-0.4, -0.2) is 49.6 Å². The summed E-state index contributed by atoms with van der Waals surface area (Å²) in [5, 5.41) is 8.98. The van der Waals surface area contributed by atoms with Crippen molar-refractivity contribution in [1.82, 2.24) is 24.5 Å². The molecular formula is C23H26FN5O3. The van der Waals surface area contributed by atoms with Crippen LogP contribution in [0.15, 0.2) is 47.3 Å². The molecule has 0 saturated carbocycles. The molecule has 1 aromatic carbocycles. The summed E-state index contributed by atoms with van der Waals surface area (Å²) < 4.78 is 22.6. The highest BCUT2D eigenvalue weighted by Crippen LogP contribution is 2.23. The number of benzene rings is 1. The van der Waals surface area contributed by atoms with Gasteiger partial charge in [0.1, 0.15) is 0 Å². The Morgan fingerprint density at radius 3 is 2.50 bits per heavy atom. The van der Waals surface area contributed by atoms with Crippen LogP contribution in [-0.2, 0) is 4.79 Å². The van der Waals surface area contributed by atoms with Gasteiger partial charge in [-0.05, 0) is 57.9 Å². The van der Waals surface area contributed by atoms with Crippen molar-refractivity contribution >= 4 is 5.91 Å². The van der Waals surface area contributed by atoms with Gasteiger partial charge in [0, 0.05) is 24.8 Å². The zero-order chi connectivity index (χ0) is 22.8. The molecule has 4 rings (SSSR count). The lowest BCUT2D eigenvalue weighted by atomic mass is 10.0. The SMILES string of the molecule is Cc1cc(C)n(-c2ccc(=O)n(C3CCN(C(=O)C(C)Oc4ccccc4F)CC3)n2)n1. The van der Waals surface area contributed by atoms with E-state index in [1.54, 1.807) is 34.7 Å². The van der Waals surface area contributed by atoms with E-state index in [2.05, 4.69) is 10.2 Å². The summed E-state index contributed by atoms with van der Waals surface area (Å²) in [7, 11) is 0. The Balaban J connectivity index is 1.43. The minimum atomic E-state index is -0.807. The van der Waals surface area contributed by atoms with Crippen molar-refractivity contribution in [2.75, 3.05) is 13.1 Å². The number of para-hydroxylation sites is 1. The molecule has 0 spiro atoms.